The Bertz CT molecular complexity index is 647. The molecule has 0 atom stereocenters. The number of methoxy groups -OCH3 is 1. The predicted molar refractivity (Wildman–Crippen MR) is 72.1 cm³/mol. The van der Waals surface area contributed by atoms with Gasteiger partial charge in [0.1, 0.15) is 11.6 Å². The van der Waals surface area contributed by atoms with Crippen molar-refractivity contribution in [2.45, 2.75) is 6.92 Å². The number of hydrogen-bond donors (Lipinski definition) is 1. The summed E-state index contributed by atoms with van der Waals surface area (Å²) in [5, 5.41) is 11.7. The van der Waals surface area contributed by atoms with Crippen molar-refractivity contribution < 1.29 is 9.13 Å². The highest BCUT2D eigenvalue weighted by Gasteiger charge is 2.05. The van der Waals surface area contributed by atoms with E-state index in [1.165, 1.54) is 6.07 Å². The lowest BCUT2D eigenvalue weighted by Gasteiger charge is -2.10. The van der Waals surface area contributed by atoms with Crippen LogP contribution in [0.25, 0.3) is 0 Å². The molecule has 0 aliphatic rings. The second-order valence-electron chi connectivity index (χ2n) is 4.12. The number of anilines is 2. The van der Waals surface area contributed by atoms with Gasteiger partial charge >= 0.3 is 0 Å². The van der Waals surface area contributed by atoms with E-state index in [0.29, 0.717) is 11.3 Å². The van der Waals surface area contributed by atoms with Crippen LogP contribution in [0.1, 0.15) is 11.1 Å². The van der Waals surface area contributed by atoms with Crippen LogP contribution in [0.5, 0.6) is 5.75 Å². The fraction of sp³-hybridized carbons (Fsp3) is 0.133. The highest BCUT2D eigenvalue weighted by Crippen LogP contribution is 2.25. The van der Waals surface area contributed by atoms with Gasteiger partial charge in [-0.15, -0.1) is 0 Å². The lowest BCUT2D eigenvalue weighted by atomic mass is 10.1. The lowest BCUT2D eigenvalue weighted by molar-refractivity contribution is 0.412. The molecule has 0 saturated carbocycles. The topological polar surface area (TPSA) is 45.0 Å². The molecule has 3 nitrogen and oxygen atoms in total. The van der Waals surface area contributed by atoms with Crippen LogP contribution >= 0.6 is 0 Å². The van der Waals surface area contributed by atoms with E-state index in [1.807, 2.05) is 31.2 Å². The van der Waals surface area contributed by atoms with Crippen LogP contribution in [0.3, 0.4) is 0 Å². The maximum absolute atomic E-state index is 13.7. The first-order chi connectivity index (χ1) is 9.13. The molecule has 0 spiro atoms. The lowest BCUT2D eigenvalue weighted by Crippen LogP contribution is -1.95. The van der Waals surface area contributed by atoms with Crippen molar-refractivity contribution in [1.29, 1.82) is 5.26 Å². The van der Waals surface area contributed by atoms with Crippen LogP contribution in [0.15, 0.2) is 36.4 Å². The SMILES string of the molecule is COc1ccc(Nc2ccc(C#N)cc2F)cc1C. The van der Waals surface area contributed by atoms with Crippen molar-refractivity contribution in [3.63, 3.8) is 0 Å². The van der Waals surface area contributed by atoms with Crippen LogP contribution in [-0.4, -0.2) is 7.11 Å². The number of aryl methyl sites for hydroxylation is 1. The van der Waals surface area contributed by atoms with Crippen molar-refractivity contribution in [3.05, 3.63) is 53.3 Å². The van der Waals surface area contributed by atoms with E-state index in [-0.39, 0.29) is 0 Å². The smallest absolute Gasteiger partial charge is 0.147 e. The zero-order valence-corrected chi connectivity index (χ0v) is 10.7. The second-order valence-corrected chi connectivity index (χ2v) is 4.12. The molecule has 0 aromatic heterocycles. The van der Waals surface area contributed by atoms with E-state index < -0.39 is 5.82 Å². The van der Waals surface area contributed by atoms with Crippen molar-refractivity contribution in [2.24, 2.45) is 0 Å². The zero-order valence-electron chi connectivity index (χ0n) is 10.7. The van der Waals surface area contributed by atoms with Crippen molar-refractivity contribution >= 4 is 11.4 Å². The fourth-order valence-electron chi connectivity index (χ4n) is 1.80. The van der Waals surface area contributed by atoms with Gasteiger partial charge in [0.25, 0.3) is 0 Å². The van der Waals surface area contributed by atoms with Gasteiger partial charge in [-0.1, -0.05) is 0 Å². The van der Waals surface area contributed by atoms with Crippen molar-refractivity contribution in [1.82, 2.24) is 0 Å². The average molecular weight is 256 g/mol. The molecular formula is C15H13FN2O. The maximum atomic E-state index is 13.7. The Morgan fingerprint density at radius 1 is 1.21 bits per heavy atom. The first-order valence-corrected chi connectivity index (χ1v) is 5.75. The van der Waals surface area contributed by atoms with Gasteiger partial charge < -0.3 is 10.1 Å². The summed E-state index contributed by atoms with van der Waals surface area (Å²) in [6.45, 7) is 1.92. The van der Waals surface area contributed by atoms with E-state index in [9.17, 15) is 4.39 Å². The first kappa shape index (κ1) is 12.9. The molecule has 0 bridgehead atoms. The molecule has 0 saturated heterocycles. The van der Waals surface area contributed by atoms with Gasteiger partial charge in [0.05, 0.1) is 24.4 Å². The fourth-order valence-corrected chi connectivity index (χ4v) is 1.80. The van der Waals surface area contributed by atoms with Crippen LogP contribution in [-0.2, 0) is 0 Å². The largest absolute Gasteiger partial charge is 0.496 e. The molecule has 0 heterocycles. The Morgan fingerprint density at radius 2 is 2.00 bits per heavy atom. The van der Waals surface area contributed by atoms with Crippen LogP contribution in [0.4, 0.5) is 15.8 Å². The summed E-state index contributed by atoms with van der Waals surface area (Å²) in [6.07, 6.45) is 0. The first-order valence-electron chi connectivity index (χ1n) is 5.75. The quantitative estimate of drug-likeness (QED) is 0.909. The number of rotatable bonds is 3. The molecule has 2 rings (SSSR count). The van der Waals surface area contributed by atoms with E-state index in [4.69, 9.17) is 10.00 Å². The minimum absolute atomic E-state index is 0.300. The Morgan fingerprint density at radius 3 is 2.58 bits per heavy atom. The van der Waals surface area contributed by atoms with Gasteiger partial charge in [0, 0.05) is 5.69 Å². The summed E-state index contributed by atoms with van der Waals surface area (Å²) >= 11 is 0. The third kappa shape index (κ3) is 2.83. The standard InChI is InChI=1S/C15H13FN2O/c1-10-7-12(4-6-15(10)19-2)18-14-5-3-11(9-17)8-13(14)16/h3-8,18H,1-2H3. The summed E-state index contributed by atoms with van der Waals surface area (Å²) in [5.74, 6) is 0.332. The van der Waals surface area contributed by atoms with Crippen LogP contribution in [0, 0.1) is 24.1 Å². The number of halogens is 1. The Kier molecular flexibility index (Phi) is 3.67. The van der Waals surface area contributed by atoms with Gasteiger partial charge in [0.2, 0.25) is 0 Å². The monoisotopic (exact) mass is 256 g/mol. The summed E-state index contributed by atoms with van der Waals surface area (Å²) in [7, 11) is 1.61. The molecule has 19 heavy (non-hydrogen) atoms. The molecule has 0 unspecified atom stereocenters. The van der Waals surface area contributed by atoms with Gasteiger partial charge in [-0.05, 0) is 48.9 Å². The Hall–Kier alpha value is -2.54. The zero-order chi connectivity index (χ0) is 13.8. The molecule has 2 aromatic rings. The molecule has 0 amide bonds. The molecule has 96 valence electrons. The number of nitrogens with one attached hydrogen (secondary N) is 1. The maximum Gasteiger partial charge on any atom is 0.147 e. The van der Waals surface area contributed by atoms with Crippen molar-refractivity contribution in [2.75, 3.05) is 12.4 Å². The number of nitriles is 1. The molecule has 1 N–H and O–H groups in total. The highest BCUT2D eigenvalue weighted by molar-refractivity contribution is 5.63. The minimum atomic E-state index is -0.451. The summed E-state index contributed by atoms with van der Waals surface area (Å²) in [4.78, 5) is 0. The molecule has 4 heteroatoms. The van der Waals surface area contributed by atoms with Crippen LogP contribution < -0.4 is 10.1 Å². The summed E-state index contributed by atoms with van der Waals surface area (Å²) in [6, 6.07) is 11.7. The number of nitrogens with zero attached hydrogens (tertiary/aromatic N) is 1. The van der Waals surface area contributed by atoms with E-state index >= 15 is 0 Å². The van der Waals surface area contributed by atoms with Gasteiger partial charge in [0.15, 0.2) is 0 Å². The number of ether oxygens (including phenoxy) is 1. The predicted octanol–water partition coefficient (Wildman–Crippen LogP) is 3.76. The normalized spacial score (nSPS) is 9.79. The highest BCUT2D eigenvalue weighted by atomic mass is 19.1. The summed E-state index contributed by atoms with van der Waals surface area (Å²) in [5.41, 5.74) is 2.36. The van der Waals surface area contributed by atoms with Gasteiger partial charge in [-0.3, -0.25) is 0 Å². The number of hydrogen-bond acceptors (Lipinski definition) is 3. The van der Waals surface area contributed by atoms with Gasteiger partial charge in [-0.25, -0.2) is 4.39 Å². The Balaban J connectivity index is 2.26. The van der Waals surface area contributed by atoms with Crippen molar-refractivity contribution in [3.8, 4) is 11.8 Å². The van der Waals surface area contributed by atoms with Crippen LogP contribution in [0.2, 0.25) is 0 Å². The molecular weight excluding hydrogens is 243 g/mol. The van der Waals surface area contributed by atoms with Gasteiger partial charge in [-0.2, -0.15) is 5.26 Å². The Labute approximate surface area is 111 Å². The second kappa shape index (κ2) is 5.40. The third-order valence-electron chi connectivity index (χ3n) is 2.77. The minimum Gasteiger partial charge on any atom is -0.496 e. The summed E-state index contributed by atoms with van der Waals surface area (Å²) < 4.78 is 18.9. The van der Waals surface area contributed by atoms with E-state index in [1.54, 1.807) is 19.2 Å². The molecule has 0 aliphatic carbocycles. The molecule has 0 aliphatic heterocycles. The molecule has 0 radical (unpaired) electrons. The average Bonchev–Trinajstić information content (AvgIpc) is 2.41. The molecule has 2 aromatic carbocycles. The number of benzene rings is 2. The van der Waals surface area contributed by atoms with E-state index in [2.05, 4.69) is 5.32 Å². The van der Waals surface area contributed by atoms with E-state index in [0.717, 1.165) is 17.0 Å². The third-order valence-corrected chi connectivity index (χ3v) is 2.77. The molecule has 0 fully saturated rings.